The van der Waals surface area contributed by atoms with Gasteiger partial charge in [-0.2, -0.15) is 5.26 Å². The van der Waals surface area contributed by atoms with Crippen molar-refractivity contribution < 1.29 is 0 Å². The molecule has 3 rings (SSSR count). The van der Waals surface area contributed by atoms with Crippen LogP contribution in [-0.4, -0.2) is 20.7 Å². The van der Waals surface area contributed by atoms with Gasteiger partial charge in [-0.05, 0) is 23.3 Å². The molecular weight excluding hydrogens is 384 g/mol. The molecule has 0 aliphatic heterocycles. The molecule has 0 saturated heterocycles. The zero-order valence-corrected chi connectivity index (χ0v) is 19.7. The first kappa shape index (κ1) is 19.9. The molecule has 1 aliphatic carbocycles. The summed E-state index contributed by atoms with van der Waals surface area (Å²) in [7, 11) is -3.38. The molecule has 0 N–H and O–H groups in total. The molecule has 2 nitrogen and oxygen atoms in total. The Hall–Kier alpha value is -1.81. The maximum atomic E-state index is 10.2. The molecule has 1 atom stereocenters. The predicted molar refractivity (Wildman–Crippen MR) is 121 cm³/mol. The van der Waals surface area contributed by atoms with Crippen LogP contribution in [0.25, 0.3) is 5.70 Å². The van der Waals surface area contributed by atoms with Crippen molar-refractivity contribution in [1.82, 2.24) is 4.23 Å². The van der Waals surface area contributed by atoms with Gasteiger partial charge in [-0.25, -0.2) is 0 Å². The van der Waals surface area contributed by atoms with Crippen LogP contribution in [0.15, 0.2) is 54.1 Å². The zero-order valence-electron chi connectivity index (χ0n) is 17.0. The zero-order chi connectivity index (χ0) is 20.0. The van der Waals surface area contributed by atoms with Gasteiger partial charge in [0.15, 0.2) is 0 Å². The average Bonchev–Trinajstić information content (AvgIpc) is 2.87. The van der Waals surface area contributed by atoms with E-state index in [9.17, 15) is 5.26 Å². The number of nitrogens with zero attached hydrogens (tertiary/aromatic N) is 2. The second-order valence-corrected chi connectivity index (χ2v) is 19.6. The van der Waals surface area contributed by atoms with Gasteiger partial charge in [0.05, 0.1) is 11.6 Å². The Morgan fingerprint density at radius 2 is 1.44 bits per heavy atom. The monoisotopic (exact) mass is 410 g/mol. The predicted octanol–water partition coefficient (Wildman–Crippen LogP) is 6.69. The van der Waals surface area contributed by atoms with Crippen LogP contribution in [-0.2, 0) is 0 Å². The van der Waals surface area contributed by atoms with Crippen LogP contribution in [0.4, 0.5) is 0 Å². The third-order valence-electron chi connectivity index (χ3n) is 4.96. The maximum Gasteiger partial charge on any atom is 0.138 e. The summed E-state index contributed by atoms with van der Waals surface area (Å²) >= 11 is 6.11. The van der Waals surface area contributed by atoms with E-state index in [0.29, 0.717) is 0 Å². The number of hydrogen-bond donors (Lipinski definition) is 0. The molecule has 2 aromatic carbocycles. The topological polar surface area (TPSA) is 27.0 Å². The normalized spacial score (nSPS) is 16.9. The number of hydrogen-bond acceptors (Lipinski definition) is 2. The molecule has 27 heavy (non-hydrogen) atoms. The van der Waals surface area contributed by atoms with Crippen molar-refractivity contribution in [2.75, 3.05) is 0 Å². The van der Waals surface area contributed by atoms with Crippen molar-refractivity contribution in [2.24, 2.45) is 0 Å². The molecule has 1 unspecified atom stereocenters. The Bertz CT molecular complexity index is 915. The number of fused-ring (bicyclic) bond motifs is 1. The summed E-state index contributed by atoms with van der Waals surface area (Å²) in [6.07, 6.45) is 0. The Kier molecular flexibility index (Phi) is 5.15. The van der Waals surface area contributed by atoms with Gasteiger partial charge in [-0.1, -0.05) is 87.3 Å². The third kappa shape index (κ3) is 3.64. The van der Waals surface area contributed by atoms with E-state index in [2.05, 4.69) is 86.0 Å². The lowest BCUT2D eigenvalue weighted by molar-refractivity contribution is 0.856. The first-order valence-electron chi connectivity index (χ1n) is 9.35. The summed E-state index contributed by atoms with van der Waals surface area (Å²) in [4.78, 5) is 0. The van der Waals surface area contributed by atoms with E-state index >= 15 is 0 Å². The van der Waals surface area contributed by atoms with Crippen molar-refractivity contribution in [1.29, 1.82) is 5.26 Å². The van der Waals surface area contributed by atoms with Crippen LogP contribution in [0, 0.1) is 11.3 Å². The molecule has 0 aromatic heterocycles. The number of allylic oxidation sites excluding steroid dienone is 1. The fourth-order valence-corrected chi connectivity index (χ4v) is 14.4. The van der Waals surface area contributed by atoms with E-state index in [1.165, 1.54) is 16.8 Å². The Balaban J connectivity index is 2.32. The van der Waals surface area contributed by atoms with Crippen molar-refractivity contribution in [3.05, 3.63) is 75.8 Å². The highest BCUT2D eigenvalue weighted by atomic mass is 35.5. The molecule has 0 spiro atoms. The number of nitriles is 1. The lowest BCUT2D eigenvalue weighted by Crippen LogP contribution is -2.57. The van der Waals surface area contributed by atoms with Gasteiger partial charge in [-0.3, -0.25) is 0 Å². The van der Waals surface area contributed by atoms with Gasteiger partial charge in [0.25, 0.3) is 0 Å². The van der Waals surface area contributed by atoms with Gasteiger partial charge in [0.2, 0.25) is 0 Å². The van der Waals surface area contributed by atoms with E-state index in [-0.39, 0.29) is 5.92 Å². The largest absolute Gasteiger partial charge is 0.423 e. The van der Waals surface area contributed by atoms with E-state index in [1.54, 1.807) is 0 Å². The molecule has 0 bridgehead atoms. The van der Waals surface area contributed by atoms with E-state index in [0.717, 1.165) is 16.2 Å². The highest BCUT2D eigenvalue weighted by molar-refractivity contribution is 6.91. The molecule has 140 valence electrons. The molecule has 0 heterocycles. The quantitative estimate of drug-likeness (QED) is 0.524. The molecular formula is C22H27ClN2Si2. The highest BCUT2D eigenvalue weighted by Gasteiger charge is 2.43. The lowest BCUT2D eigenvalue weighted by Gasteiger charge is -2.47. The van der Waals surface area contributed by atoms with Crippen molar-refractivity contribution >= 4 is 33.8 Å². The second kappa shape index (κ2) is 6.98. The van der Waals surface area contributed by atoms with E-state index in [1.807, 2.05) is 12.1 Å². The minimum absolute atomic E-state index is 0.0198. The molecule has 1 aliphatic rings. The molecule has 0 radical (unpaired) electrons. The summed E-state index contributed by atoms with van der Waals surface area (Å²) in [5.41, 5.74) is 5.63. The van der Waals surface area contributed by atoms with Crippen molar-refractivity contribution in [2.45, 2.75) is 45.2 Å². The van der Waals surface area contributed by atoms with Gasteiger partial charge >= 0.3 is 0 Å². The first-order chi connectivity index (χ1) is 12.6. The summed E-state index contributed by atoms with van der Waals surface area (Å²) < 4.78 is 2.67. The number of halogens is 1. The molecule has 5 heteroatoms. The van der Waals surface area contributed by atoms with Gasteiger partial charge in [0, 0.05) is 22.2 Å². The fourth-order valence-electron chi connectivity index (χ4n) is 4.44. The summed E-state index contributed by atoms with van der Waals surface area (Å²) in [6.45, 7) is 14.3. The Morgan fingerprint density at radius 1 is 0.889 bits per heavy atom. The Labute approximate surface area is 170 Å². The van der Waals surface area contributed by atoms with Gasteiger partial charge in [-0.15, -0.1) is 0 Å². The van der Waals surface area contributed by atoms with Crippen molar-refractivity contribution in [3.63, 3.8) is 0 Å². The fraction of sp³-hybridized carbons (Fsp3) is 0.318. The van der Waals surface area contributed by atoms with Crippen LogP contribution in [0.5, 0.6) is 0 Å². The van der Waals surface area contributed by atoms with Crippen LogP contribution in [0.1, 0.15) is 22.6 Å². The minimum atomic E-state index is -1.69. The minimum Gasteiger partial charge on any atom is -0.423 e. The smallest absolute Gasteiger partial charge is 0.138 e. The maximum absolute atomic E-state index is 10.2. The first-order valence-corrected chi connectivity index (χ1v) is 16.6. The second-order valence-electron chi connectivity index (χ2n) is 9.12. The molecule has 0 amide bonds. The molecule has 0 saturated carbocycles. The van der Waals surface area contributed by atoms with Gasteiger partial charge < -0.3 is 4.23 Å². The lowest BCUT2D eigenvalue weighted by atomic mass is 9.89. The van der Waals surface area contributed by atoms with Crippen molar-refractivity contribution in [3.8, 4) is 6.07 Å². The van der Waals surface area contributed by atoms with Crippen LogP contribution < -0.4 is 0 Å². The standard InChI is InChI=1S/C22H27ClN2Si2/c1-26(2,3)25(27(4,5)6)22-19-10-8-7-9-18(19)21(20(22)15-24)16-11-13-17(23)14-12-16/h7-14,21H,1-6H3. The van der Waals surface area contributed by atoms with Crippen LogP contribution >= 0.6 is 11.6 Å². The number of benzene rings is 2. The average molecular weight is 411 g/mol. The molecule has 2 aromatic rings. The Morgan fingerprint density at radius 3 is 1.96 bits per heavy atom. The van der Waals surface area contributed by atoms with Gasteiger partial charge in [0.1, 0.15) is 16.5 Å². The molecule has 0 fully saturated rings. The van der Waals surface area contributed by atoms with Crippen LogP contribution in [0.3, 0.4) is 0 Å². The summed E-state index contributed by atoms with van der Waals surface area (Å²) in [5, 5.41) is 11.0. The highest BCUT2D eigenvalue weighted by Crippen LogP contribution is 2.49. The summed E-state index contributed by atoms with van der Waals surface area (Å²) in [5.74, 6) is -0.0198. The van der Waals surface area contributed by atoms with E-state index in [4.69, 9.17) is 11.6 Å². The van der Waals surface area contributed by atoms with Crippen LogP contribution in [0.2, 0.25) is 44.3 Å². The third-order valence-corrected chi connectivity index (χ3v) is 12.4. The van der Waals surface area contributed by atoms with E-state index < -0.39 is 16.5 Å². The summed E-state index contributed by atoms with van der Waals surface area (Å²) in [6, 6.07) is 19.1. The SMILES string of the molecule is C[Si](C)(C)N(C1=C(C#N)C(c2ccc(Cl)cc2)c2ccccc21)[Si](C)(C)C. The number of rotatable bonds is 4.